The molecule has 0 saturated heterocycles. The number of anilines is 1. The number of amides is 1. The van der Waals surface area contributed by atoms with Crippen LogP contribution in [0.4, 0.5) is 5.69 Å². The minimum Gasteiger partial charge on any atom is -0.324 e. The van der Waals surface area contributed by atoms with Gasteiger partial charge in [-0.15, -0.1) is 11.6 Å². The molecule has 1 amide bonds. The fourth-order valence-electron chi connectivity index (χ4n) is 2.48. The van der Waals surface area contributed by atoms with Crippen molar-refractivity contribution in [2.24, 2.45) is 0 Å². The van der Waals surface area contributed by atoms with E-state index in [-0.39, 0.29) is 5.91 Å². The van der Waals surface area contributed by atoms with Gasteiger partial charge in [-0.05, 0) is 49.1 Å². The molecule has 2 rings (SSSR count). The van der Waals surface area contributed by atoms with E-state index in [1.807, 2.05) is 63.2 Å². The minimum absolute atomic E-state index is 0.192. The lowest BCUT2D eigenvalue weighted by Crippen LogP contribution is -2.34. The topological polar surface area (TPSA) is 29.1 Å². The van der Waals surface area contributed by atoms with Crippen LogP contribution >= 0.6 is 11.6 Å². The number of alkyl halides is 1. The van der Waals surface area contributed by atoms with Gasteiger partial charge in [-0.3, -0.25) is 4.79 Å². The first kappa shape index (κ1) is 15.6. The van der Waals surface area contributed by atoms with Gasteiger partial charge in [-0.2, -0.15) is 0 Å². The molecule has 2 nitrogen and oxygen atoms in total. The van der Waals surface area contributed by atoms with Gasteiger partial charge in [0.05, 0.1) is 0 Å². The lowest BCUT2D eigenvalue weighted by Gasteiger charge is -2.25. The first-order chi connectivity index (χ1) is 9.95. The van der Waals surface area contributed by atoms with Gasteiger partial charge in [0.2, 0.25) is 5.91 Å². The Morgan fingerprint density at radius 3 is 2.19 bits per heavy atom. The molecule has 21 heavy (non-hydrogen) atoms. The van der Waals surface area contributed by atoms with E-state index < -0.39 is 4.87 Å². The molecule has 0 fully saturated rings. The van der Waals surface area contributed by atoms with Crippen LogP contribution in [-0.4, -0.2) is 5.91 Å². The first-order valence-electron chi connectivity index (χ1n) is 7.10. The molecule has 0 bridgehead atoms. The molecule has 1 unspecified atom stereocenters. The summed E-state index contributed by atoms with van der Waals surface area (Å²) in [6, 6.07) is 15.4. The van der Waals surface area contributed by atoms with Crippen LogP contribution in [0.1, 0.15) is 30.0 Å². The fraction of sp³-hybridized carbons (Fsp3) is 0.278. The van der Waals surface area contributed by atoms with Crippen molar-refractivity contribution in [3.63, 3.8) is 0 Å². The highest BCUT2D eigenvalue weighted by Gasteiger charge is 2.36. The number of aryl methyl sites for hydroxylation is 2. The molecule has 3 heteroatoms. The van der Waals surface area contributed by atoms with Crippen molar-refractivity contribution < 1.29 is 4.79 Å². The standard InChI is InChI=1S/C18H20ClNO/c1-4-18(19,15-8-6-5-7-9-15)17(21)20-16-11-13(2)10-14(3)12-16/h5-12H,4H2,1-3H3,(H,20,21). The van der Waals surface area contributed by atoms with E-state index in [0.717, 1.165) is 22.4 Å². The summed E-state index contributed by atoms with van der Waals surface area (Å²) >= 11 is 6.62. The van der Waals surface area contributed by atoms with Gasteiger partial charge in [-0.25, -0.2) is 0 Å². The largest absolute Gasteiger partial charge is 0.324 e. The predicted molar refractivity (Wildman–Crippen MR) is 88.8 cm³/mol. The van der Waals surface area contributed by atoms with Crippen molar-refractivity contribution in [2.75, 3.05) is 5.32 Å². The average Bonchev–Trinajstić information content (AvgIpc) is 2.46. The normalized spacial score (nSPS) is 13.5. The van der Waals surface area contributed by atoms with Crippen molar-refractivity contribution in [2.45, 2.75) is 32.1 Å². The molecular formula is C18H20ClNO. The molecule has 2 aromatic rings. The molecule has 2 aromatic carbocycles. The van der Waals surface area contributed by atoms with Gasteiger partial charge in [0, 0.05) is 5.69 Å². The first-order valence-corrected chi connectivity index (χ1v) is 7.47. The maximum atomic E-state index is 12.6. The van der Waals surface area contributed by atoms with Crippen LogP contribution in [0.25, 0.3) is 0 Å². The molecule has 0 aliphatic carbocycles. The van der Waals surface area contributed by atoms with E-state index in [0.29, 0.717) is 6.42 Å². The van der Waals surface area contributed by atoms with Crippen molar-refractivity contribution in [1.82, 2.24) is 0 Å². The van der Waals surface area contributed by atoms with Crippen molar-refractivity contribution >= 4 is 23.2 Å². The molecule has 110 valence electrons. The Kier molecular flexibility index (Phi) is 4.69. The Morgan fingerprint density at radius 2 is 1.67 bits per heavy atom. The van der Waals surface area contributed by atoms with Crippen molar-refractivity contribution in [1.29, 1.82) is 0 Å². The lowest BCUT2D eigenvalue weighted by atomic mass is 9.94. The van der Waals surface area contributed by atoms with Crippen LogP contribution in [-0.2, 0) is 9.67 Å². The van der Waals surface area contributed by atoms with Crippen LogP contribution in [0.5, 0.6) is 0 Å². The van der Waals surface area contributed by atoms with Crippen LogP contribution in [0.15, 0.2) is 48.5 Å². The number of halogens is 1. The third kappa shape index (κ3) is 3.45. The molecule has 1 atom stereocenters. The fourth-order valence-corrected chi connectivity index (χ4v) is 2.65. The Balaban J connectivity index is 2.29. The minimum atomic E-state index is -1.04. The van der Waals surface area contributed by atoms with Crippen molar-refractivity contribution in [3.05, 3.63) is 65.2 Å². The number of nitrogens with one attached hydrogen (secondary N) is 1. The van der Waals surface area contributed by atoms with E-state index in [1.54, 1.807) is 0 Å². The smallest absolute Gasteiger partial charge is 0.250 e. The highest BCUT2D eigenvalue weighted by atomic mass is 35.5. The third-order valence-electron chi connectivity index (χ3n) is 3.56. The number of hydrogen-bond acceptors (Lipinski definition) is 1. The second kappa shape index (κ2) is 6.31. The van der Waals surface area contributed by atoms with Crippen LogP contribution in [0.2, 0.25) is 0 Å². The van der Waals surface area contributed by atoms with Gasteiger partial charge in [0.1, 0.15) is 4.87 Å². The molecule has 0 spiro atoms. The summed E-state index contributed by atoms with van der Waals surface area (Å²) in [5, 5.41) is 2.94. The molecule has 0 aliphatic rings. The molecule has 0 saturated carbocycles. The number of carbonyl (C=O) groups excluding carboxylic acids is 1. The molecule has 0 aliphatic heterocycles. The zero-order valence-corrected chi connectivity index (χ0v) is 13.4. The molecule has 0 radical (unpaired) electrons. The average molecular weight is 302 g/mol. The maximum absolute atomic E-state index is 12.6. The highest BCUT2D eigenvalue weighted by molar-refractivity contribution is 6.36. The summed E-state index contributed by atoms with van der Waals surface area (Å²) < 4.78 is 0. The zero-order valence-electron chi connectivity index (χ0n) is 12.6. The maximum Gasteiger partial charge on any atom is 0.250 e. The summed E-state index contributed by atoms with van der Waals surface area (Å²) in [6.07, 6.45) is 0.523. The van der Waals surface area contributed by atoms with E-state index in [4.69, 9.17) is 11.6 Å². The summed E-state index contributed by atoms with van der Waals surface area (Å²) in [7, 11) is 0. The second-order valence-electron chi connectivity index (χ2n) is 5.35. The van der Waals surface area contributed by atoms with E-state index >= 15 is 0 Å². The van der Waals surface area contributed by atoms with Gasteiger partial charge in [0.25, 0.3) is 0 Å². The highest BCUT2D eigenvalue weighted by Crippen LogP contribution is 2.34. The van der Waals surface area contributed by atoms with E-state index in [2.05, 4.69) is 11.4 Å². The molecular weight excluding hydrogens is 282 g/mol. The Hall–Kier alpha value is -1.80. The van der Waals surface area contributed by atoms with E-state index in [9.17, 15) is 4.79 Å². The number of benzene rings is 2. The Bertz CT molecular complexity index is 619. The van der Waals surface area contributed by atoms with Crippen molar-refractivity contribution in [3.8, 4) is 0 Å². The SMILES string of the molecule is CCC(Cl)(C(=O)Nc1cc(C)cc(C)c1)c1ccccc1. The van der Waals surface area contributed by atoms with Gasteiger partial charge < -0.3 is 5.32 Å². The molecule has 0 heterocycles. The Morgan fingerprint density at radius 1 is 1.10 bits per heavy atom. The lowest BCUT2D eigenvalue weighted by molar-refractivity contribution is -0.119. The number of rotatable bonds is 4. The monoisotopic (exact) mass is 301 g/mol. The van der Waals surface area contributed by atoms with Crippen LogP contribution < -0.4 is 5.32 Å². The van der Waals surface area contributed by atoms with Crippen LogP contribution in [0, 0.1) is 13.8 Å². The summed E-state index contributed by atoms with van der Waals surface area (Å²) in [4.78, 5) is 11.6. The predicted octanol–water partition coefficient (Wildman–Crippen LogP) is 4.79. The van der Waals surface area contributed by atoms with E-state index in [1.165, 1.54) is 0 Å². The van der Waals surface area contributed by atoms with Crippen LogP contribution in [0.3, 0.4) is 0 Å². The van der Waals surface area contributed by atoms with Gasteiger partial charge in [-0.1, -0.05) is 43.3 Å². The summed E-state index contributed by atoms with van der Waals surface area (Å²) in [6.45, 7) is 5.93. The van der Waals surface area contributed by atoms with Gasteiger partial charge in [0.15, 0.2) is 0 Å². The summed E-state index contributed by atoms with van der Waals surface area (Å²) in [5.74, 6) is -0.192. The number of hydrogen-bond donors (Lipinski definition) is 1. The zero-order chi connectivity index (χ0) is 15.5. The number of carbonyl (C=O) groups is 1. The third-order valence-corrected chi connectivity index (χ3v) is 4.22. The molecule has 1 N–H and O–H groups in total. The quantitative estimate of drug-likeness (QED) is 0.809. The second-order valence-corrected chi connectivity index (χ2v) is 6.00. The molecule has 0 aromatic heterocycles. The summed E-state index contributed by atoms with van der Waals surface area (Å²) in [5.41, 5.74) is 3.83. The Labute approximate surface area is 131 Å². The van der Waals surface area contributed by atoms with Gasteiger partial charge >= 0.3 is 0 Å².